The molecule has 5 amide bonds. The van der Waals surface area contributed by atoms with Crippen LogP contribution < -0.4 is 5.32 Å². The fraction of sp³-hybridized carbons (Fsp3) is 0.423. The third-order valence-corrected chi connectivity index (χ3v) is 7.43. The van der Waals surface area contributed by atoms with Crippen molar-refractivity contribution in [3.05, 3.63) is 47.0 Å². The summed E-state index contributed by atoms with van der Waals surface area (Å²) < 4.78 is 5.47. The van der Waals surface area contributed by atoms with Crippen LogP contribution in [0.2, 0.25) is 0 Å². The highest BCUT2D eigenvalue weighted by Crippen LogP contribution is 2.34. The summed E-state index contributed by atoms with van der Waals surface area (Å²) in [7, 11) is 0. The third-order valence-electron chi connectivity index (χ3n) is 7.43. The summed E-state index contributed by atoms with van der Waals surface area (Å²) in [4.78, 5) is 72.2. The van der Waals surface area contributed by atoms with E-state index in [1.54, 1.807) is 29.2 Å². The zero-order valence-corrected chi connectivity index (χ0v) is 20.6. The van der Waals surface area contributed by atoms with Crippen LogP contribution in [0.1, 0.15) is 54.8 Å². The second kappa shape index (κ2) is 9.51. The molecular weight excluding hydrogens is 492 g/mol. The first-order valence-corrected chi connectivity index (χ1v) is 12.8. The zero-order valence-electron chi connectivity index (χ0n) is 20.6. The number of piperidine rings is 1. The first kappa shape index (κ1) is 24.0. The van der Waals surface area contributed by atoms with Crippen LogP contribution >= 0.6 is 0 Å². The first-order valence-electron chi connectivity index (χ1n) is 12.8. The van der Waals surface area contributed by atoms with Gasteiger partial charge in [-0.2, -0.15) is 4.98 Å². The van der Waals surface area contributed by atoms with Gasteiger partial charge in [-0.15, -0.1) is 0 Å². The molecule has 6 rings (SSSR count). The number of benzene rings is 1. The van der Waals surface area contributed by atoms with Gasteiger partial charge in [0.2, 0.25) is 23.5 Å². The fourth-order valence-electron chi connectivity index (χ4n) is 5.56. The lowest BCUT2D eigenvalue weighted by Gasteiger charge is -2.29. The summed E-state index contributed by atoms with van der Waals surface area (Å²) in [6.45, 7) is 2.12. The summed E-state index contributed by atoms with van der Waals surface area (Å²) in [5, 5.41) is 6.29. The molecule has 1 unspecified atom stereocenters. The Hall–Kier alpha value is -4.35. The molecule has 38 heavy (non-hydrogen) atoms. The highest BCUT2D eigenvalue weighted by molar-refractivity contribution is 6.21. The van der Waals surface area contributed by atoms with E-state index in [1.165, 1.54) is 0 Å². The molecule has 2 saturated heterocycles. The third kappa shape index (κ3) is 4.15. The van der Waals surface area contributed by atoms with Crippen LogP contribution in [-0.4, -0.2) is 80.1 Å². The van der Waals surface area contributed by atoms with E-state index in [1.807, 2.05) is 4.90 Å². The molecule has 2 fully saturated rings. The van der Waals surface area contributed by atoms with Gasteiger partial charge < -0.3 is 14.3 Å². The summed E-state index contributed by atoms with van der Waals surface area (Å²) >= 11 is 0. The molecule has 0 bridgehead atoms. The molecule has 0 aliphatic carbocycles. The van der Waals surface area contributed by atoms with Gasteiger partial charge in [0.05, 0.1) is 6.54 Å². The second-order valence-corrected chi connectivity index (χ2v) is 9.89. The lowest BCUT2D eigenvalue weighted by atomic mass is 10.0. The number of hydrogen-bond acceptors (Lipinski definition) is 9. The molecule has 0 saturated carbocycles. The van der Waals surface area contributed by atoms with E-state index in [9.17, 15) is 24.0 Å². The van der Waals surface area contributed by atoms with Crippen molar-refractivity contribution in [3.8, 4) is 11.4 Å². The van der Waals surface area contributed by atoms with Gasteiger partial charge in [0.1, 0.15) is 11.7 Å². The Morgan fingerprint density at radius 3 is 2.63 bits per heavy atom. The molecule has 2 aromatic rings. The Morgan fingerprint density at radius 2 is 1.84 bits per heavy atom. The van der Waals surface area contributed by atoms with Crippen molar-refractivity contribution >= 4 is 29.5 Å². The van der Waals surface area contributed by atoms with Gasteiger partial charge in [0.25, 0.3) is 17.7 Å². The number of aromatic nitrogens is 2. The Balaban J connectivity index is 1.19. The van der Waals surface area contributed by atoms with Crippen molar-refractivity contribution < 1.29 is 28.5 Å². The number of carbonyl (C=O) groups is 5. The van der Waals surface area contributed by atoms with Crippen LogP contribution in [0.25, 0.3) is 11.4 Å². The molecule has 1 aromatic heterocycles. The number of nitrogens with zero attached hydrogens (tertiary/aromatic N) is 5. The van der Waals surface area contributed by atoms with E-state index < -0.39 is 29.7 Å². The lowest BCUT2D eigenvalue weighted by Crippen LogP contribution is -2.55. The number of imide groups is 2. The molecule has 4 aliphatic heterocycles. The van der Waals surface area contributed by atoms with Crippen LogP contribution in [0.15, 0.2) is 40.1 Å². The van der Waals surface area contributed by atoms with Gasteiger partial charge in [-0.05, 0) is 44.2 Å². The molecule has 5 heterocycles. The number of carbonyl (C=O) groups excluding carboxylic acids is 5. The normalized spacial score (nSPS) is 21.9. The molecule has 12 heteroatoms. The topological polar surface area (TPSA) is 146 Å². The molecule has 196 valence electrons. The van der Waals surface area contributed by atoms with Crippen molar-refractivity contribution in [2.24, 2.45) is 0 Å². The maximum Gasteiger partial charge on any atom is 0.278 e. The molecule has 1 atom stereocenters. The molecular formula is C26H26N6O6. The second-order valence-electron chi connectivity index (χ2n) is 9.89. The van der Waals surface area contributed by atoms with Gasteiger partial charge in [0.15, 0.2) is 0 Å². The summed E-state index contributed by atoms with van der Waals surface area (Å²) in [6, 6.07) is 6.08. The van der Waals surface area contributed by atoms with E-state index in [0.29, 0.717) is 41.9 Å². The highest BCUT2D eigenvalue weighted by Gasteiger charge is 2.48. The van der Waals surface area contributed by atoms with Crippen LogP contribution in [0.4, 0.5) is 0 Å². The molecule has 1 aromatic carbocycles. The minimum Gasteiger partial charge on any atom is -0.357 e. The van der Waals surface area contributed by atoms with Crippen LogP contribution in [-0.2, 0) is 25.7 Å². The van der Waals surface area contributed by atoms with Crippen molar-refractivity contribution in [2.45, 2.75) is 51.1 Å². The summed E-state index contributed by atoms with van der Waals surface area (Å²) in [5.74, 6) is -1.54. The first-order chi connectivity index (χ1) is 18.4. The number of rotatable bonds is 5. The van der Waals surface area contributed by atoms with Gasteiger partial charge in [-0.3, -0.25) is 34.2 Å². The van der Waals surface area contributed by atoms with Crippen LogP contribution in [0, 0.1) is 0 Å². The quantitative estimate of drug-likeness (QED) is 0.573. The predicted molar refractivity (Wildman–Crippen MR) is 130 cm³/mol. The molecule has 12 nitrogen and oxygen atoms in total. The van der Waals surface area contributed by atoms with Crippen molar-refractivity contribution in [2.75, 3.05) is 19.6 Å². The van der Waals surface area contributed by atoms with Crippen LogP contribution in [0.3, 0.4) is 0 Å². The average Bonchev–Trinajstić information content (AvgIpc) is 3.66. The Labute approximate surface area is 217 Å². The van der Waals surface area contributed by atoms with Gasteiger partial charge in [0, 0.05) is 42.8 Å². The SMILES string of the molecule is O=C1CCC(N2C(=O)C3=C(C2=O)N(Cc2nc(-c4cccc(C(=O)N5CCCC5)c4)no2)CCC3)C(=O)N1. The van der Waals surface area contributed by atoms with Gasteiger partial charge in [-0.1, -0.05) is 17.3 Å². The van der Waals surface area contributed by atoms with E-state index >= 15 is 0 Å². The maximum absolute atomic E-state index is 13.4. The smallest absolute Gasteiger partial charge is 0.278 e. The Bertz CT molecular complexity index is 1390. The minimum atomic E-state index is -1.01. The minimum absolute atomic E-state index is 0.0224. The Kier molecular flexibility index (Phi) is 6.01. The van der Waals surface area contributed by atoms with Crippen molar-refractivity contribution in [1.29, 1.82) is 0 Å². The van der Waals surface area contributed by atoms with E-state index in [0.717, 1.165) is 30.8 Å². The van der Waals surface area contributed by atoms with E-state index in [2.05, 4.69) is 15.5 Å². The summed E-state index contributed by atoms with van der Waals surface area (Å²) in [5.41, 5.74) is 1.80. The Morgan fingerprint density at radius 1 is 1.03 bits per heavy atom. The molecule has 0 spiro atoms. The van der Waals surface area contributed by atoms with Crippen molar-refractivity contribution in [1.82, 2.24) is 30.2 Å². The van der Waals surface area contributed by atoms with E-state index in [4.69, 9.17) is 4.52 Å². The maximum atomic E-state index is 13.4. The monoisotopic (exact) mass is 518 g/mol. The number of likely N-dealkylation sites (tertiary alicyclic amines) is 1. The number of hydrogen-bond donors (Lipinski definition) is 1. The lowest BCUT2D eigenvalue weighted by molar-refractivity contribution is -0.150. The number of nitrogens with one attached hydrogen (secondary N) is 1. The molecule has 1 N–H and O–H groups in total. The largest absolute Gasteiger partial charge is 0.357 e. The number of amides is 5. The standard InChI is InChI=1S/C26H26N6O6/c33-19-9-8-18(23(34)27-19)32-25(36)17-7-4-12-31(21(17)26(32)37)14-20-28-22(29-38-20)15-5-3-6-16(13-15)24(35)30-10-1-2-11-30/h3,5-6,13,18H,1-2,4,7-12,14H2,(H,27,33,34). The fourth-order valence-corrected chi connectivity index (χ4v) is 5.56. The highest BCUT2D eigenvalue weighted by atomic mass is 16.5. The molecule has 4 aliphatic rings. The van der Waals surface area contributed by atoms with Crippen molar-refractivity contribution in [3.63, 3.8) is 0 Å². The van der Waals surface area contributed by atoms with E-state index in [-0.39, 0.29) is 36.9 Å². The van der Waals surface area contributed by atoms with Crippen LogP contribution in [0.5, 0.6) is 0 Å². The average molecular weight is 519 g/mol. The zero-order chi connectivity index (χ0) is 26.4. The van der Waals surface area contributed by atoms with Gasteiger partial charge in [-0.25, -0.2) is 0 Å². The predicted octanol–water partition coefficient (Wildman–Crippen LogP) is 0.996. The molecule has 0 radical (unpaired) electrons. The van der Waals surface area contributed by atoms with Gasteiger partial charge >= 0.3 is 0 Å². The summed E-state index contributed by atoms with van der Waals surface area (Å²) in [6.07, 6.45) is 3.25.